The lowest BCUT2D eigenvalue weighted by Crippen LogP contribution is -2.07. The summed E-state index contributed by atoms with van der Waals surface area (Å²) in [6.07, 6.45) is 3.91. The third-order valence-corrected chi connectivity index (χ3v) is 1.65. The fourth-order valence-electron chi connectivity index (χ4n) is 0.950. The molecule has 0 atom stereocenters. The van der Waals surface area contributed by atoms with Gasteiger partial charge in [-0.05, 0) is 12.8 Å². The highest BCUT2D eigenvalue weighted by Gasteiger charge is 2.25. The van der Waals surface area contributed by atoms with Gasteiger partial charge in [-0.1, -0.05) is 0 Å². The van der Waals surface area contributed by atoms with Gasteiger partial charge in [0.05, 0.1) is 0 Å². The Morgan fingerprint density at radius 2 is 2.27 bits per heavy atom. The molecule has 1 fully saturated rings. The highest BCUT2D eigenvalue weighted by atomic mass is 35.5. The molecule has 0 spiro atoms. The fraction of sp³-hybridized carbons (Fsp3) is 0.429. The molecule has 1 aliphatic carbocycles. The summed E-state index contributed by atoms with van der Waals surface area (Å²) in [6.45, 7) is 0. The quantitative estimate of drug-likeness (QED) is 0.689. The Balaban J connectivity index is 0.000000605. The highest BCUT2D eigenvalue weighted by Crippen LogP contribution is 2.37. The van der Waals surface area contributed by atoms with Crippen molar-refractivity contribution in [3.63, 3.8) is 0 Å². The first-order chi connectivity index (χ1) is 4.86. The van der Waals surface area contributed by atoms with Crippen LogP contribution in [0.5, 0.6) is 0 Å². The zero-order valence-corrected chi connectivity index (χ0v) is 6.73. The normalized spacial score (nSPS) is 15.6. The van der Waals surface area contributed by atoms with Gasteiger partial charge in [-0.25, -0.2) is 4.98 Å². The Kier molecular flexibility index (Phi) is 2.29. The van der Waals surface area contributed by atoms with E-state index in [4.69, 9.17) is 0 Å². The lowest BCUT2D eigenvalue weighted by molar-refractivity contribution is 0.908. The minimum absolute atomic E-state index is 0. The first kappa shape index (κ1) is 8.27. The molecule has 1 N–H and O–H groups in total. The second-order valence-corrected chi connectivity index (χ2v) is 2.59. The summed E-state index contributed by atoms with van der Waals surface area (Å²) in [4.78, 5) is 17.5. The number of nitrogens with one attached hydrogen (secondary N) is 1. The second kappa shape index (κ2) is 3.05. The Morgan fingerprint density at radius 3 is 2.82 bits per heavy atom. The molecule has 1 heterocycles. The molecule has 0 unspecified atom stereocenters. The average Bonchev–Trinajstić information content (AvgIpc) is 2.68. The number of H-pyrrole nitrogens is 1. The number of hydrogen-bond acceptors (Lipinski definition) is 2. The molecule has 0 aliphatic heterocycles. The van der Waals surface area contributed by atoms with Crippen LogP contribution in [0.2, 0.25) is 0 Å². The third kappa shape index (κ3) is 1.80. The summed E-state index contributed by atoms with van der Waals surface area (Å²) < 4.78 is 0. The van der Waals surface area contributed by atoms with Gasteiger partial charge in [0.2, 0.25) is 0 Å². The van der Waals surface area contributed by atoms with Crippen LogP contribution < -0.4 is 5.56 Å². The van der Waals surface area contributed by atoms with Crippen LogP contribution >= 0.6 is 12.4 Å². The number of halogens is 1. The molecule has 0 bridgehead atoms. The van der Waals surface area contributed by atoms with Crippen LogP contribution in [0, 0.1) is 0 Å². The van der Waals surface area contributed by atoms with Gasteiger partial charge >= 0.3 is 0 Å². The van der Waals surface area contributed by atoms with Gasteiger partial charge in [0, 0.05) is 18.2 Å². The van der Waals surface area contributed by atoms with E-state index in [-0.39, 0.29) is 18.0 Å². The second-order valence-electron chi connectivity index (χ2n) is 2.59. The predicted octanol–water partition coefficient (Wildman–Crippen LogP) is 1.07. The topological polar surface area (TPSA) is 45.8 Å². The Bertz CT molecular complexity index is 292. The van der Waals surface area contributed by atoms with Crippen LogP contribution in [0.15, 0.2) is 17.1 Å². The lowest BCUT2D eigenvalue weighted by atomic mass is 10.4. The van der Waals surface area contributed by atoms with E-state index in [1.807, 2.05) is 0 Å². The van der Waals surface area contributed by atoms with E-state index in [9.17, 15) is 4.79 Å². The zero-order valence-electron chi connectivity index (χ0n) is 5.91. The van der Waals surface area contributed by atoms with Crippen molar-refractivity contribution in [3.8, 4) is 0 Å². The molecule has 60 valence electrons. The van der Waals surface area contributed by atoms with Crippen molar-refractivity contribution in [2.45, 2.75) is 18.8 Å². The molecule has 0 amide bonds. The minimum atomic E-state index is -0.0445. The molecule has 4 heteroatoms. The van der Waals surface area contributed by atoms with E-state index in [0.29, 0.717) is 5.92 Å². The highest BCUT2D eigenvalue weighted by molar-refractivity contribution is 5.85. The first-order valence-electron chi connectivity index (χ1n) is 3.41. The third-order valence-electron chi connectivity index (χ3n) is 1.65. The Labute approximate surface area is 70.3 Å². The van der Waals surface area contributed by atoms with E-state index in [1.54, 1.807) is 6.20 Å². The molecule has 11 heavy (non-hydrogen) atoms. The summed E-state index contributed by atoms with van der Waals surface area (Å²) in [5.74, 6) is 1.39. The number of aromatic amines is 1. The SMILES string of the molecule is Cl.O=c1ccnc(C2CC2)[nH]1. The van der Waals surface area contributed by atoms with Crippen LogP contribution in [0.3, 0.4) is 0 Å². The number of nitrogens with zero attached hydrogens (tertiary/aromatic N) is 1. The molecule has 0 radical (unpaired) electrons. The molecular formula is C7H9ClN2O. The molecule has 1 saturated carbocycles. The number of aromatic nitrogens is 2. The van der Waals surface area contributed by atoms with Crippen LogP contribution in [0.4, 0.5) is 0 Å². The van der Waals surface area contributed by atoms with Crippen molar-refractivity contribution in [2.75, 3.05) is 0 Å². The van der Waals surface area contributed by atoms with Crippen molar-refractivity contribution in [1.29, 1.82) is 0 Å². The van der Waals surface area contributed by atoms with Crippen LogP contribution in [-0.2, 0) is 0 Å². The van der Waals surface area contributed by atoms with Crippen LogP contribution in [-0.4, -0.2) is 9.97 Å². The minimum Gasteiger partial charge on any atom is -0.310 e. The summed E-state index contributed by atoms with van der Waals surface area (Å²) >= 11 is 0. The van der Waals surface area contributed by atoms with E-state index in [0.717, 1.165) is 5.82 Å². The standard InChI is InChI=1S/C7H8N2O.ClH/c10-6-3-4-8-7(9-6)5-1-2-5;/h3-5H,1-2H2,(H,8,9,10);1H. The molecule has 2 rings (SSSR count). The maximum atomic E-state index is 10.7. The predicted molar refractivity (Wildman–Crippen MR) is 44.1 cm³/mol. The van der Waals surface area contributed by atoms with Gasteiger partial charge in [-0.3, -0.25) is 4.79 Å². The maximum absolute atomic E-state index is 10.7. The Hall–Kier alpha value is -0.830. The van der Waals surface area contributed by atoms with Gasteiger partial charge in [0.15, 0.2) is 0 Å². The van der Waals surface area contributed by atoms with E-state index in [1.165, 1.54) is 18.9 Å². The fourth-order valence-corrected chi connectivity index (χ4v) is 0.950. The molecular weight excluding hydrogens is 164 g/mol. The van der Waals surface area contributed by atoms with Gasteiger partial charge in [-0.2, -0.15) is 0 Å². The molecule has 1 aromatic rings. The van der Waals surface area contributed by atoms with Crippen molar-refractivity contribution in [3.05, 3.63) is 28.4 Å². The summed E-state index contributed by atoms with van der Waals surface area (Å²) in [5, 5.41) is 0. The first-order valence-corrected chi connectivity index (χ1v) is 3.41. The van der Waals surface area contributed by atoms with Crippen LogP contribution in [0.1, 0.15) is 24.6 Å². The van der Waals surface area contributed by atoms with Gasteiger partial charge < -0.3 is 4.98 Å². The van der Waals surface area contributed by atoms with Crippen LogP contribution in [0.25, 0.3) is 0 Å². The molecule has 0 aromatic carbocycles. The summed E-state index contributed by atoms with van der Waals surface area (Å²) in [6, 6.07) is 1.44. The molecule has 1 aliphatic rings. The summed E-state index contributed by atoms with van der Waals surface area (Å²) in [7, 11) is 0. The van der Waals surface area contributed by atoms with Crippen molar-refractivity contribution >= 4 is 12.4 Å². The van der Waals surface area contributed by atoms with Gasteiger partial charge in [0.25, 0.3) is 5.56 Å². The Morgan fingerprint density at radius 1 is 1.55 bits per heavy atom. The van der Waals surface area contributed by atoms with Gasteiger partial charge in [0.1, 0.15) is 5.82 Å². The largest absolute Gasteiger partial charge is 0.310 e. The molecule has 0 saturated heterocycles. The average molecular weight is 173 g/mol. The summed E-state index contributed by atoms with van der Waals surface area (Å²) in [5.41, 5.74) is -0.0445. The number of hydrogen-bond donors (Lipinski definition) is 1. The molecule has 3 nitrogen and oxygen atoms in total. The zero-order chi connectivity index (χ0) is 6.97. The van der Waals surface area contributed by atoms with Crippen molar-refractivity contribution in [1.82, 2.24) is 9.97 Å². The van der Waals surface area contributed by atoms with E-state index >= 15 is 0 Å². The molecule has 1 aromatic heterocycles. The van der Waals surface area contributed by atoms with E-state index in [2.05, 4.69) is 9.97 Å². The smallest absolute Gasteiger partial charge is 0.250 e. The lowest BCUT2D eigenvalue weighted by Gasteiger charge is -1.92. The number of rotatable bonds is 1. The monoisotopic (exact) mass is 172 g/mol. The van der Waals surface area contributed by atoms with E-state index < -0.39 is 0 Å². The van der Waals surface area contributed by atoms with Gasteiger partial charge in [-0.15, -0.1) is 12.4 Å². The maximum Gasteiger partial charge on any atom is 0.250 e. The van der Waals surface area contributed by atoms with Crippen molar-refractivity contribution < 1.29 is 0 Å². The van der Waals surface area contributed by atoms with Crippen molar-refractivity contribution in [2.24, 2.45) is 0 Å².